The summed E-state index contributed by atoms with van der Waals surface area (Å²) >= 11 is 0. The van der Waals surface area contributed by atoms with E-state index < -0.39 is 25.6 Å². The van der Waals surface area contributed by atoms with Crippen molar-refractivity contribution in [2.45, 2.75) is 70.4 Å². The second kappa shape index (κ2) is 9.24. The quantitative estimate of drug-likeness (QED) is 0.378. The number of allylic oxidation sites excluding steroid dienone is 1. The summed E-state index contributed by atoms with van der Waals surface area (Å²) in [6, 6.07) is 13.0. The monoisotopic (exact) mass is 558 g/mol. The lowest BCUT2D eigenvalue weighted by Gasteiger charge is -2.52. The highest BCUT2D eigenvalue weighted by Crippen LogP contribution is 2.55. The molecule has 40 heavy (non-hydrogen) atoms. The first-order chi connectivity index (χ1) is 18.9. The van der Waals surface area contributed by atoms with Crippen molar-refractivity contribution >= 4 is 19.9 Å². The molecule has 0 aliphatic heterocycles. The van der Waals surface area contributed by atoms with Gasteiger partial charge in [0.25, 0.3) is 5.88 Å². The van der Waals surface area contributed by atoms with Crippen molar-refractivity contribution in [2.75, 3.05) is 0 Å². The van der Waals surface area contributed by atoms with Gasteiger partial charge in [0.1, 0.15) is 17.9 Å². The van der Waals surface area contributed by atoms with Crippen LogP contribution in [0.4, 0.5) is 0 Å². The van der Waals surface area contributed by atoms with E-state index in [0.29, 0.717) is 36.3 Å². The zero-order valence-corrected chi connectivity index (χ0v) is 24.5. The highest BCUT2D eigenvalue weighted by Gasteiger charge is 2.64. The minimum Gasteiger partial charge on any atom is -0.508 e. The van der Waals surface area contributed by atoms with Crippen LogP contribution in [-0.2, 0) is 23.9 Å². The molecule has 0 radical (unpaired) electrons. The van der Waals surface area contributed by atoms with E-state index in [-0.39, 0.29) is 46.1 Å². The minimum absolute atomic E-state index is 0.0740. The Kier molecular flexibility index (Phi) is 6.16. The van der Waals surface area contributed by atoms with Crippen LogP contribution in [0.5, 0.6) is 5.88 Å². The first-order valence-corrected chi connectivity index (χ1v) is 16.7. The van der Waals surface area contributed by atoms with Gasteiger partial charge in [-0.3, -0.25) is 14.6 Å². The van der Waals surface area contributed by atoms with Crippen LogP contribution in [0, 0.1) is 11.8 Å². The maximum atomic E-state index is 14.7. The van der Waals surface area contributed by atoms with Gasteiger partial charge in [0.15, 0.2) is 25.5 Å². The Morgan fingerprint density at radius 2 is 1.85 bits per heavy atom. The van der Waals surface area contributed by atoms with E-state index in [0.717, 1.165) is 5.56 Å². The van der Waals surface area contributed by atoms with E-state index in [4.69, 9.17) is 13.7 Å². The van der Waals surface area contributed by atoms with Gasteiger partial charge < -0.3 is 18.8 Å². The molecule has 8 nitrogen and oxygen atoms in total. The molecule has 0 saturated carbocycles. The van der Waals surface area contributed by atoms with Gasteiger partial charge in [-0.15, -0.1) is 0 Å². The van der Waals surface area contributed by atoms with E-state index in [1.54, 1.807) is 18.3 Å². The summed E-state index contributed by atoms with van der Waals surface area (Å²) in [4.78, 5) is 32.9. The van der Waals surface area contributed by atoms with Gasteiger partial charge >= 0.3 is 0 Å². The minimum atomic E-state index is -2.66. The zero-order chi connectivity index (χ0) is 28.4. The van der Waals surface area contributed by atoms with Crippen molar-refractivity contribution in [1.82, 2.24) is 10.1 Å². The molecule has 0 fully saturated rings. The van der Waals surface area contributed by atoms with E-state index in [1.807, 2.05) is 43.4 Å². The summed E-state index contributed by atoms with van der Waals surface area (Å²) < 4.78 is 18.6. The molecule has 3 atom stereocenters. The molecule has 3 aliphatic rings. The highest BCUT2D eigenvalue weighted by molar-refractivity contribution is 6.74. The lowest BCUT2D eigenvalue weighted by Crippen LogP contribution is -2.63. The number of ketones is 2. The standard InChI is InChI=1S/C31H34N2O6Si/c1-30(2,3)40(4,5)39-31-20(14-19-15-22-21(12-9-13-32-22)26(34)24(19)27(31)35)16-23-25(28(31)36)29(33-38-23)37-17-18-10-7-6-8-11-18/h6-13,19-20,35H,14-17H2,1-5H3/t19-,20?,31?/m1/s1. The Morgan fingerprint density at radius 3 is 2.58 bits per heavy atom. The lowest BCUT2D eigenvalue weighted by molar-refractivity contribution is -0.0176. The van der Waals surface area contributed by atoms with Gasteiger partial charge in [-0.25, -0.2) is 0 Å². The molecule has 0 amide bonds. The molecule has 0 saturated heterocycles. The number of carbonyl (C=O) groups excluding carboxylic acids is 2. The van der Waals surface area contributed by atoms with Gasteiger partial charge in [-0.1, -0.05) is 51.1 Å². The summed E-state index contributed by atoms with van der Waals surface area (Å²) in [7, 11) is -2.66. The third-order valence-corrected chi connectivity index (χ3v) is 13.6. The Morgan fingerprint density at radius 1 is 1.10 bits per heavy atom. The molecule has 2 heterocycles. The number of fused-ring (bicyclic) bond motifs is 4. The molecule has 3 aliphatic carbocycles. The van der Waals surface area contributed by atoms with E-state index >= 15 is 0 Å². The molecular weight excluding hydrogens is 524 g/mol. The molecule has 6 rings (SSSR count). The number of hydrogen-bond acceptors (Lipinski definition) is 8. The van der Waals surface area contributed by atoms with E-state index in [1.165, 1.54) is 0 Å². The Balaban J connectivity index is 1.49. The number of Topliss-reactive ketones (excluding diaryl/α,β-unsaturated/α-hetero) is 2. The number of aliphatic hydroxyl groups excluding tert-OH is 1. The molecule has 9 heteroatoms. The summed E-state index contributed by atoms with van der Waals surface area (Å²) in [5, 5.41) is 16.0. The fourth-order valence-corrected chi connectivity index (χ4v) is 7.50. The number of carbonyl (C=O) groups is 2. The van der Waals surface area contributed by atoms with Gasteiger partial charge in [0, 0.05) is 29.7 Å². The molecule has 0 bridgehead atoms. The van der Waals surface area contributed by atoms with E-state index in [9.17, 15) is 14.7 Å². The number of ether oxygens (including phenoxy) is 1. The third-order valence-electron chi connectivity index (χ3n) is 9.15. The second-order valence-electron chi connectivity index (χ2n) is 12.6. The van der Waals surface area contributed by atoms with Crippen molar-refractivity contribution in [2.24, 2.45) is 11.8 Å². The first kappa shape index (κ1) is 26.6. The number of nitrogens with zero attached hydrogens (tertiary/aromatic N) is 2. The molecule has 208 valence electrons. The molecule has 1 N–H and O–H groups in total. The second-order valence-corrected chi connectivity index (χ2v) is 17.3. The van der Waals surface area contributed by atoms with Crippen LogP contribution < -0.4 is 4.74 Å². The largest absolute Gasteiger partial charge is 0.508 e. The normalized spacial score (nSPS) is 24.2. The van der Waals surface area contributed by atoms with Gasteiger partial charge in [-0.2, -0.15) is 0 Å². The van der Waals surface area contributed by atoms with Crippen LogP contribution in [0.2, 0.25) is 18.1 Å². The maximum absolute atomic E-state index is 14.7. The number of pyridine rings is 1. The predicted octanol–water partition coefficient (Wildman–Crippen LogP) is 6.04. The summed E-state index contributed by atoms with van der Waals surface area (Å²) in [5.74, 6) is -1.25. The van der Waals surface area contributed by atoms with Gasteiger partial charge in [0.05, 0.1) is 5.69 Å². The number of hydrogen-bond donors (Lipinski definition) is 1. The first-order valence-electron chi connectivity index (χ1n) is 13.8. The number of rotatable bonds is 5. The summed E-state index contributed by atoms with van der Waals surface area (Å²) in [5.41, 5.74) is 0.802. The fraction of sp³-hybridized carbons (Fsp3) is 0.419. The van der Waals surface area contributed by atoms with Crippen LogP contribution in [0.15, 0.2) is 64.5 Å². The van der Waals surface area contributed by atoms with Crippen molar-refractivity contribution in [3.8, 4) is 5.88 Å². The predicted molar refractivity (Wildman–Crippen MR) is 150 cm³/mol. The average Bonchev–Trinajstić information content (AvgIpc) is 3.31. The van der Waals surface area contributed by atoms with Crippen molar-refractivity contribution in [3.63, 3.8) is 0 Å². The smallest absolute Gasteiger partial charge is 0.265 e. The SMILES string of the molecule is CC(C)(C)[Si](C)(C)OC12C(=O)c3c(OCc4ccccc4)noc3CC1C[C@@H]1Cc3ncccc3C(=O)C1=C2O. The van der Waals surface area contributed by atoms with Crippen molar-refractivity contribution < 1.29 is 28.4 Å². The van der Waals surface area contributed by atoms with Crippen LogP contribution in [0.3, 0.4) is 0 Å². The van der Waals surface area contributed by atoms with Gasteiger partial charge in [0.2, 0.25) is 5.78 Å². The third kappa shape index (κ3) is 3.97. The van der Waals surface area contributed by atoms with Crippen LogP contribution in [-0.4, -0.2) is 40.7 Å². The Labute approximate surface area is 234 Å². The number of benzene rings is 1. The van der Waals surface area contributed by atoms with Crippen LogP contribution >= 0.6 is 0 Å². The molecule has 1 aromatic carbocycles. The molecule has 3 aromatic rings. The molecule has 0 spiro atoms. The number of aromatic nitrogens is 2. The maximum Gasteiger partial charge on any atom is 0.265 e. The van der Waals surface area contributed by atoms with E-state index in [2.05, 4.69) is 30.9 Å². The summed E-state index contributed by atoms with van der Waals surface area (Å²) in [6.45, 7) is 10.6. The topological polar surface area (TPSA) is 112 Å². The fourth-order valence-electron chi connectivity index (χ4n) is 6.04. The van der Waals surface area contributed by atoms with Gasteiger partial charge in [-0.05, 0) is 59.7 Å². The van der Waals surface area contributed by atoms with Crippen LogP contribution in [0.1, 0.15) is 64.9 Å². The average molecular weight is 559 g/mol. The molecule has 2 aromatic heterocycles. The Bertz CT molecular complexity index is 1540. The molecule has 2 unspecified atom stereocenters. The zero-order valence-electron chi connectivity index (χ0n) is 23.5. The highest BCUT2D eigenvalue weighted by atomic mass is 28.4. The van der Waals surface area contributed by atoms with Crippen molar-refractivity contribution in [3.05, 3.63) is 88.1 Å². The number of aliphatic hydroxyl groups is 1. The lowest BCUT2D eigenvalue weighted by atomic mass is 9.61. The Hall–Kier alpha value is -3.56. The summed E-state index contributed by atoms with van der Waals surface area (Å²) in [6.07, 6.45) is 2.99. The van der Waals surface area contributed by atoms with Crippen molar-refractivity contribution in [1.29, 1.82) is 0 Å². The molecular formula is C31H34N2O6Si. The van der Waals surface area contributed by atoms with Crippen LogP contribution in [0.25, 0.3) is 0 Å².